The minimum Gasteiger partial charge on any atom is -0.497 e. The zero-order chi connectivity index (χ0) is 37.1. The SMILES string of the molecule is C=CNC(Nc1ccc2c(c1)on1c3ccc(C4NC=C(N(CCC)OC)N4)cc3c(C#Cc3cccc(OC)c3)c21)C1CCCN1C(=O)CC(C)C. The smallest absolute Gasteiger partial charge is 0.223 e. The third kappa shape index (κ3) is 7.19. The maximum atomic E-state index is 13.2. The molecule has 4 heterocycles. The van der Waals surface area contributed by atoms with Crippen molar-refractivity contribution in [1.82, 2.24) is 30.5 Å². The van der Waals surface area contributed by atoms with Gasteiger partial charge in [0.2, 0.25) is 5.91 Å². The number of aromatic nitrogens is 1. The van der Waals surface area contributed by atoms with Gasteiger partial charge in [0.15, 0.2) is 5.58 Å². The summed E-state index contributed by atoms with van der Waals surface area (Å²) in [4.78, 5) is 20.8. The number of nitrogens with one attached hydrogen (secondary N) is 4. The van der Waals surface area contributed by atoms with Gasteiger partial charge >= 0.3 is 0 Å². The maximum Gasteiger partial charge on any atom is 0.223 e. The van der Waals surface area contributed by atoms with Crippen molar-refractivity contribution in [1.29, 1.82) is 0 Å². The molecule has 0 bridgehead atoms. The van der Waals surface area contributed by atoms with E-state index in [4.69, 9.17) is 14.1 Å². The number of likely N-dealkylation sites (tertiary alicyclic amines) is 1. The molecule has 7 rings (SSSR count). The first kappa shape index (κ1) is 35.7. The molecule has 53 heavy (non-hydrogen) atoms. The van der Waals surface area contributed by atoms with Crippen LogP contribution >= 0.6 is 0 Å². The first-order valence-electron chi connectivity index (χ1n) is 18.5. The van der Waals surface area contributed by atoms with Crippen molar-refractivity contribution >= 4 is 39.0 Å². The van der Waals surface area contributed by atoms with Crippen LogP contribution in [0.3, 0.4) is 0 Å². The summed E-state index contributed by atoms with van der Waals surface area (Å²) in [5, 5.41) is 17.8. The van der Waals surface area contributed by atoms with E-state index in [1.54, 1.807) is 20.4 Å². The molecule has 0 radical (unpaired) electrons. The molecule has 0 saturated carbocycles. The van der Waals surface area contributed by atoms with Crippen LogP contribution in [0.4, 0.5) is 5.69 Å². The normalized spacial score (nSPS) is 17.3. The van der Waals surface area contributed by atoms with Crippen LogP contribution in [-0.2, 0) is 9.63 Å². The number of carbonyl (C=O) groups excluding carboxylic acids is 1. The number of anilines is 1. The summed E-state index contributed by atoms with van der Waals surface area (Å²) in [5.41, 5.74) is 6.19. The lowest BCUT2D eigenvalue weighted by atomic mass is 10.0. The van der Waals surface area contributed by atoms with Crippen LogP contribution in [0.15, 0.2) is 90.0 Å². The lowest BCUT2D eigenvalue weighted by molar-refractivity contribution is -0.133. The van der Waals surface area contributed by atoms with Crippen LogP contribution in [0.2, 0.25) is 0 Å². The number of fused-ring (bicyclic) bond motifs is 5. The molecule has 5 aromatic rings. The van der Waals surface area contributed by atoms with Crippen LogP contribution in [0.5, 0.6) is 5.75 Å². The number of benzene rings is 3. The third-order valence-electron chi connectivity index (χ3n) is 9.91. The van der Waals surface area contributed by atoms with Gasteiger partial charge in [0.05, 0.1) is 31.3 Å². The van der Waals surface area contributed by atoms with Crippen molar-refractivity contribution in [3.8, 4) is 17.6 Å². The van der Waals surface area contributed by atoms with E-state index < -0.39 is 0 Å². The van der Waals surface area contributed by atoms with E-state index in [0.717, 1.165) is 93.7 Å². The average molecular weight is 716 g/mol. The molecule has 2 aromatic heterocycles. The summed E-state index contributed by atoms with van der Waals surface area (Å²) in [6, 6.07) is 20.3. The minimum absolute atomic E-state index is 0.00170. The van der Waals surface area contributed by atoms with Crippen molar-refractivity contribution in [3.05, 3.63) is 102 Å². The van der Waals surface area contributed by atoms with Crippen molar-refractivity contribution in [3.63, 3.8) is 0 Å². The van der Waals surface area contributed by atoms with Crippen LogP contribution in [0.1, 0.15) is 69.3 Å². The van der Waals surface area contributed by atoms with Gasteiger partial charge in [0.25, 0.3) is 0 Å². The first-order chi connectivity index (χ1) is 25.8. The summed E-state index contributed by atoms with van der Waals surface area (Å²) >= 11 is 0. The Morgan fingerprint density at radius 1 is 1.13 bits per heavy atom. The number of methoxy groups -OCH3 is 1. The molecule has 4 N–H and O–H groups in total. The lowest BCUT2D eigenvalue weighted by Crippen LogP contribution is -2.51. The minimum atomic E-state index is -0.209. The van der Waals surface area contributed by atoms with Gasteiger partial charge in [-0.1, -0.05) is 51.3 Å². The molecule has 276 valence electrons. The quantitative estimate of drug-likeness (QED) is 0.0582. The van der Waals surface area contributed by atoms with E-state index in [1.165, 1.54) is 0 Å². The second-order valence-electron chi connectivity index (χ2n) is 14.0. The number of ether oxygens (including phenoxy) is 1. The van der Waals surface area contributed by atoms with E-state index in [-0.39, 0.29) is 24.3 Å². The number of hydrogen-bond donors (Lipinski definition) is 4. The van der Waals surface area contributed by atoms with Crippen LogP contribution < -0.4 is 26.0 Å². The number of nitrogens with zero attached hydrogens (tertiary/aromatic N) is 3. The first-order valence-corrected chi connectivity index (χ1v) is 18.5. The molecule has 0 spiro atoms. The van der Waals surface area contributed by atoms with Gasteiger partial charge in [0, 0.05) is 53.8 Å². The van der Waals surface area contributed by atoms with Crippen LogP contribution in [0.25, 0.3) is 27.4 Å². The van der Waals surface area contributed by atoms with Gasteiger partial charge in [-0.15, -0.1) is 0 Å². The Morgan fingerprint density at radius 3 is 2.77 bits per heavy atom. The van der Waals surface area contributed by atoms with Gasteiger partial charge in [-0.2, -0.15) is 4.57 Å². The lowest BCUT2D eigenvalue weighted by Gasteiger charge is -2.33. The topological polar surface area (TPSA) is 108 Å². The number of rotatable bonds is 13. The highest BCUT2D eigenvalue weighted by molar-refractivity contribution is 6.07. The molecule has 1 saturated heterocycles. The zero-order valence-electron chi connectivity index (χ0n) is 31.2. The summed E-state index contributed by atoms with van der Waals surface area (Å²) in [6.07, 6.45) is 6.66. The number of hydrogen-bond acceptors (Lipinski definition) is 9. The van der Waals surface area contributed by atoms with Crippen LogP contribution in [0, 0.1) is 17.8 Å². The van der Waals surface area contributed by atoms with Gasteiger partial charge in [0.1, 0.15) is 29.4 Å². The molecule has 0 aliphatic carbocycles. The predicted molar refractivity (Wildman–Crippen MR) is 210 cm³/mol. The van der Waals surface area contributed by atoms with Gasteiger partial charge < -0.3 is 35.4 Å². The fourth-order valence-electron chi connectivity index (χ4n) is 7.44. The van der Waals surface area contributed by atoms with Crippen molar-refractivity contribution in [2.45, 2.75) is 64.8 Å². The fourth-order valence-corrected chi connectivity index (χ4v) is 7.44. The highest BCUT2D eigenvalue weighted by atomic mass is 16.7. The number of carbonyl (C=O) groups is 1. The molecule has 11 nitrogen and oxygen atoms in total. The zero-order valence-corrected chi connectivity index (χ0v) is 31.2. The molecular formula is C42H49N7O4. The average Bonchev–Trinajstić information content (AvgIpc) is 3.97. The van der Waals surface area contributed by atoms with Gasteiger partial charge in [-0.05, 0) is 79.4 Å². The molecule has 1 amide bonds. The monoisotopic (exact) mass is 715 g/mol. The summed E-state index contributed by atoms with van der Waals surface area (Å²) in [7, 11) is 3.34. The van der Waals surface area contributed by atoms with E-state index in [0.29, 0.717) is 12.3 Å². The fraction of sp³-hybridized carbons (Fsp3) is 0.357. The Hall–Kier alpha value is -5.73. The Bertz CT molecular complexity index is 2220. The van der Waals surface area contributed by atoms with Crippen molar-refractivity contribution in [2.24, 2.45) is 5.92 Å². The molecule has 3 aromatic carbocycles. The predicted octanol–water partition coefficient (Wildman–Crippen LogP) is 7.02. The summed E-state index contributed by atoms with van der Waals surface area (Å²) in [6.45, 7) is 11.8. The van der Waals surface area contributed by atoms with Gasteiger partial charge in [-0.3, -0.25) is 9.63 Å². The molecule has 1 fully saturated rings. The van der Waals surface area contributed by atoms with Crippen molar-refractivity contribution < 1.29 is 18.9 Å². The summed E-state index contributed by atoms with van der Waals surface area (Å²) < 4.78 is 14.0. The largest absolute Gasteiger partial charge is 0.497 e. The second-order valence-corrected chi connectivity index (χ2v) is 14.0. The van der Waals surface area contributed by atoms with E-state index >= 15 is 0 Å². The Labute approximate surface area is 310 Å². The van der Waals surface area contributed by atoms with Crippen LogP contribution in [-0.4, -0.2) is 60.0 Å². The van der Waals surface area contributed by atoms with Gasteiger partial charge in [-0.25, -0.2) is 5.06 Å². The van der Waals surface area contributed by atoms with E-state index in [2.05, 4.69) is 90.8 Å². The standard InChI is InChI=1S/C42H49N7O4/c1-7-20-48(52-6)38-26-44-41(46-38)29-15-19-35-34(24-29)32(17-14-28-11-9-12-31(23-28)51-5)40-33-18-16-30(25-37(33)53-49(35)40)45-42(43-8-2)36-13-10-21-47(36)39(50)22-27(3)4/h8-9,11-12,15-16,18-19,23-27,36,41-46H,2,7,10,13,20-22H2,1,3-6H3. The Balaban J connectivity index is 1.26. The number of hydroxylamine groups is 2. The molecular weight excluding hydrogens is 667 g/mol. The second kappa shape index (κ2) is 15.5. The molecule has 11 heteroatoms. The van der Waals surface area contributed by atoms with Crippen molar-refractivity contribution in [2.75, 3.05) is 32.6 Å². The third-order valence-corrected chi connectivity index (χ3v) is 9.91. The van der Waals surface area contributed by atoms with E-state index in [1.807, 2.05) is 51.1 Å². The highest BCUT2D eigenvalue weighted by Gasteiger charge is 2.35. The molecule has 3 unspecified atom stereocenters. The summed E-state index contributed by atoms with van der Waals surface area (Å²) in [5.74, 6) is 9.04. The Kier molecular flexibility index (Phi) is 10.4. The Morgan fingerprint density at radius 2 is 2.00 bits per heavy atom. The number of amides is 1. The molecule has 2 aliphatic rings. The molecule has 3 atom stereocenters. The highest BCUT2D eigenvalue weighted by Crippen LogP contribution is 2.36. The maximum absolute atomic E-state index is 13.2. The van der Waals surface area contributed by atoms with E-state index in [9.17, 15) is 4.79 Å². The molecule has 2 aliphatic heterocycles.